The second-order valence-electron chi connectivity index (χ2n) is 6.58. The number of carbonyl (C=O) groups is 1. The highest BCUT2D eigenvalue weighted by molar-refractivity contribution is 6.12. The lowest BCUT2D eigenvalue weighted by Gasteiger charge is -2.38. The number of fused-ring (bicyclic) bond motifs is 1. The predicted octanol–water partition coefficient (Wildman–Crippen LogP) is 4.48. The van der Waals surface area contributed by atoms with E-state index < -0.39 is 6.17 Å². The second kappa shape index (κ2) is 7.75. The maximum atomic E-state index is 13.5. The van der Waals surface area contributed by atoms with Crippen LogP contribution in [0.5, 0.6) is 17.2 Å². The van der Waals surface area contributed by atoms with Crippen molar-refractivity contribution in [3.63, 3.8) is 0 Å². The Balaban J connectivity index is 1.89. The minimum atomic E-state index is -0.435. The van der Waals surface area contributed by atoms with Crippen molar-refractivity contribution in [2.75, 3.05) is 31.5 Å². The molecular formula is C23H22N2O4. The summed E-state index contributed by atoms with van der Waals surface area (Å²) in [4.78, 5) is 15.2. The maximum Gasteiger partial charge on any atom is 0.262 e. The average Bonchev–Trinajstić information content (AvgIpc) is 2.78. The molecule has 1 aliphatic rings. The normalized spacial score (nSPS) is 15.3. The number of nitrogens with one attached hydrogen (secondary N) is 1. The van der Waals surface area contributed by atoms with Crippen molar-refractivity contribution in [3.05, 3.63) is 77.9 Å². The number of hydrogen-bond acceptors (Lipinski definition) is 5. The van der Waals surface area contributed by atoms with Crippen LogP contribution < -0.4 is 24.4 Å². The fourth-order valence-electron chi connectivity index (χ4n) is 3.53. The zero-order valence-corrected chi connectivity index (χ0v) is 16.5. The molecule has 4 rings (SSSR count). The summed E-state index contributed by atoms with van der Waals surface area (Å²) in [5, 5.41) is 3.49. The van der Waals surface area contributed by atoms with E-state index in [-0.39, 0.29) is 5.91 Å². The number of methoxy groups -OCH3 is 3. The van der Waals surface area contributed by atoms with E-state index in [0.717, 1.165) is 17.0 Å². The Morgan fingerprint density at radius 1 is 0.828 bits per heavy atom. The van der Waals surface area contributed by atoms with Crippen molar-refractivity contribution in [2.24, 2.45) is 0 Å². The molecule has 6 nitrogen and oxygen atoms in total. The van der Waals surface area contributed by atoms with E-state index in [0.29, 0.717) is 22.7 Å². The van der Waals surface area contributed by atoms with Gasteiger partial charge in [-0.05, 0) is 42.0 Å². The van der Waals surface area contributed by atoms with Crippen LogP contribution in [-0.4, -0.2) is 27.2 Å². The SMILES string of the molecule is COc1cccc([C@H]2Nc3ccccc3C(=O)N2c2ccc(OC)cc2OC)c1. The summed E-state index contributed by atoms with van der Waals surface area (Å²) in [5.41, 5.74) is 2.93. The summed E-state index contributed by atoms with van der Waals surface area (Å²) in [7, 11) is 4.80. The first-order valence-electron chi connectivity index (χ1n) is 9.21. The van der Waals surface area contributed by atoms with Gasteiger partial charge in [0.25, 0.3) is 5.91 Å². The van der Waals surface area contributed by atoms with Crippen molar-refractivity contribution in [1.29, 1.82) is 0 Å². The van der Waals surface area contributed by atoms with Gasteiger partial charge in [0.1, 0.15) is 23.4 Å². The van der Waals surface area contributed by atoms with Gasteiger partial charge in [0.05, 0.1) is 32.6 Å². The highest BCUT2D eigenvalue weighted by Gasteiger charge is 2.35. The Morgan fingerprint density at radius 3 is 2.34 bits per heavy atom. The lowest BCUT2D eigenvalue weighted by Crippen LogP contribution is -2.43. The maximum absolute atomic E-state index is 13.5. The molecule has 1 N–H and O–H groups in total. The number of benzene rings is 3. The number of nitrogens with zero attached hydrogens (tertiary/aromatic N) is 1. The molecular weight excluding hydrogens is 368 g/mol. The molecule has 29 heavy (non-hydrogen) atoms. The molecule has 0 radical (unpaired) electrons. The van der Waals surface area contributed by atoms with Crippen molar-refractivity contribution in [2.45, 2.75) is 6.17 Å². The minimum Gasteiger partial charge on any atom is -0.497 e. The van der Waals surface area contributed by atoms with Gasteiger partial charge in [0.2, 0.25) is 0 Å². The van der Waals surface area contributed by atoms with Crippen molar-refractivity contribution in [3.8, 4) is 17.2 Å². The zero-order chi connectivity index (χ0) is 20.4. The van der Waals surface area contributed by atoms with Crippen LogP contribution in [0, 0.1) is 0 Å². The van der Waals surface area contributed by atoms with Crippen molar-refractivity contribution in [1.82, 2.24) is 0 Å². The largest absolute Gasteiger partial charge is 0.497 e. The molecule has 148 valence electrons. The zero-order valence-electron chi connectivity index (χ0n) is 16.5. The standard InChI is InChI=1S/C23H22N2O4/c1-27-16-8-6-7-15(13-16)22-24-19-10-5-4-9-18(19)23(26)25(22)20-12-11-17(28-2)14-21(20)29-3/h4-14,22,24H,1-3H3/t22-/m0/s1. The van der Waals surface area contributed by atoms with E-state index in [1.807, 2.05) is 60.7 Å². The molecule has 1 amide bonds. The van der Waals surface area contributed by atoms with E-state index in [1.165, 1.54) is 0 Å². The molecule has 0 aliphatic carbocycles. The van der Waals surface area contributed by atoms with E-state index >= 15 is 0 Å². The Morgan fingerprint density at radius 2 is 1.59 bits per heavy atom. The van der Waals surface area contributed by atoms with Gasteiger partial charge in [-0.15, -0.1) is 0 Å². The van der Waals surface area contributed by atoms with E-state index in [9.17, 15) is 4.79 Å². The van der Waals surface area contributed by atoms with Gasteiger partial charge < -0.3 is 19.5 Å². The van der Waals surface area contributed by atoms with E-state index in [4.69, 9.17) is 14.2 Å². The van der Waals surface area contributed by atoms with Crippen LogP contribution in [0.4, 0.5) is 11.4 Å². The molecule has 0 spiro atoms. The molecule has 6 heteroatoms. The molecule has 1 aliphatic heterocycles. The van der Waals surface area contributed by atoms with Gasteiger partial charge in [-0.25, -0.2) is 0 Å². The fraction of sp³-hybridized carbons (Fsp3) is 0.174. The minimum absolute atomic E-state index is 0.115. The third kappa shape index (κ3) is 3.33. The quantitative estimate of drug-likeness (QED) is 0.696. The number of amides is 1. The van der Waals surface area contributed by atoms with Gasteiger partial charge in [-0.2, -0.15) is 0 Å². The first-order chi connectivity index (χ1) is 14.2. The highest BCUT2D eigenvalue weighted by Crippen LogP contribution is 2.42. The fourth-order valence-corrected chi connectivity index (χ4v) is 3.53. The molecule has 0 saturated heterocycles. The summed E-state index contributed by atoms with van der Waals surface area (Å²) in [6.07, 6.45) is -0.435. The molecule has 0 unspecified atom stereocenters. The Kier molecular flexibility index (Phi) is 4.99. The van der Waals surface area contributed by atoms with Crippen molar-refractivity contribution >= 4 is 17.3 Å². The molecule has 0 saturated carbocycles. The molecule has 3 aromatic rings. The monoisotopic (exact) mass is 390 g/mol. The van der Waals surface area contributed by atoms with Crippen LogP contribution in [0.3, 0.4) is 0 Å². The van der Waals surface area contributed by atoms with Gasteiger partial charge in [-0.3, -0.25) is 9.69 Å². The Bertz CT molecular complexity index is 1050. The number of carbonyl (C=O) groups excluding carboxylic acids is 1. The van der Waals surface area contributed by atoms with Gasteiger partial charge >= 0.3 is 0 Å². The first-order valence-corrected chi connectivity index (χ1v) is 9.21. The summed E-state index contributed by atoms with van der Waals surface area (Å²) in [5.74, 6) is 1.81. The highest BCUT2D eigenvalue weighted by atomic mass is 16.5. The number of para-hydroxylation sites is 1. The smallest absolute Gasteiger partial charge is 0.262 e. The Labute approximate surface area is 169 Å². The molecule has 3 aromatic carbocycles. The predicted molar refractivity (Wildman–Crippen MR) is 112 cm³/mol. The van der Waals surface area contributed by atoms with Crippen molar-refractivity contribution < 1.29 is 19.0 Å². The third-order valence-corrected chi connectivity index (χ3v) is 4.98. The van der Waals surface area contributed by atoms with Crippen LogP contribution >= 0.6 is 0 Å². The number of rotatable bonds is 5. The Hall–Kier alpha value is -3.67. The van der Waals surface area contributed by atoms with Gasteiger partial charge in [-0.1, -0.05) is 24.3 Å². The lowest BCUT2D eigenvalue weighted by atomic mass is 10.0. The first kappa shape index (κ1) is 18.7. The van der Waals surface area contributed by atoms with Crippen LogP contribution in [0.15, 0.2) is 66.7 Å². The molecule has 0 fully saturated rings. The second-order valence-corrected chi connectivity index (χ2v) is 6.58. The molecule has 0 bridgehead atoms. The van der Waals surface area contributed by atoms with Crippen LogP contribution in [-0.2, 0) is 0 Å². The van der Waals surface area contributed by atoms with E-state index in [2.05, 4.69) is 5.32 Å². The summed E-state index contributed by atoms with van der Waals surface area (Å²) >= 11 is 0. The summed E-state index contributed by atoms with van der Waals surface area (Å²) in [6, 6.07) is 20.6. The lowest BCUT2D eigenvalue weighted by molar-refractivity contribution is 0.0974. The molecule has 1 atom stereocenters. The van der Waals surface area contributed by atoms with Crippen LogP contribution in [0.2, 0.25) is 0 Å². The number of hydrogen-bond donors (Lipinski definition) is 1. The van der Waals surface area contributed by atoms with Crippen LogP contribution in [0.25, 0.3) is 0 Å². The van der Waals surface area contributed by atoms with Crippen LogP contribution in [0.1, 0.15) is 22.1 Å². The van der Waals surface area contributed by atoms with Gasteiger partial charge in [0.15, 0.2) is 0 Å². The summed E-state index contributed by atoms with van der Waals surface area (Å²) < 4.78 is 16.3. The average molecular weight is 390 g/mol. The third-order valence-electron chi connectivity index (χ3n) is 4.98. The number of anilines is 2. The topological polar surface area (TPSA) is 60.0 Å². The molecule has 1 heterocycles. The van der Waals surface area contributed by atoms with Gasteiger partial charge in [0, 0.05) is 11.8 Å². The molecule has 0 aromatic heterocycles. The van der Waals surface area contributed by atoms with E-state index in [1.54, 1.807) is 32.3 Å². The number of ether oxygens (including phenoxy) is 3. The summed E-state index contributed by atoms with van der Waals surface area (Å²) in [6.45, 7) is 0.